The van der Waals surface area contributed by atoms with Crippen LogP contribution in [0.15, 0.2) is 54.6 Å². The number of hydrogen-bond donors (Lipinski definition) is 1. The maximum Gasteiger partial charge on any atom is 0.334 e. The van der Waals surface area contributed by atoms with E-state index in [1.165, 1.54) is 0 Å². The fraction of sp³-hybridized carbons (Fsp3) is 0.238. The van der Waals surface area contributed by atoms with E-state index in [0.717, 1.165) is 11.3 Å². The van der Waals surface area contributed by atoms with Crippen LogP contribution in [0.5, 0.6) is 11.5 Å². The first kappa shape index (κ1) is 20.1. The normalized spacial score (nSPS) is 13.8. The van der Waals surface area contributed by atoms with E-state index >= 15 is 0 Å². The predicted molar refractivity (Wildman–Crippen MR) is 105 cm³/mol. The summed E-state index contributed by atoms with van der Waals surface area (Å²) in [5, 5.41) is 2.60. The van der Waals surface area contributed by atoms with Crippen LogP contribution in [0, 0.1) is 0 Å². The summed E-state index contributed by atoms with van der Waals surface area (Å²) in [5.74, 6) is -1.16. The molecule has 1 aliphatic heterocycles. The minimum absolute atomic E-state index is 0.168. The highest BCUT2D eigenvalue weighted by Crippen LogP contribution is 2.22. The van der Waals surface area contributed by atoms with Crippen LogP contribution in [0.3, 0.4) is 0 Å². The molecule has 2 aromatic carbocycles. The van der Waals surface area contributed by atoms with Crippen LogP contribution in [0.4, 0.5) is 10.5 Å². The van der Waals surface area contributed by atoms with Crippen LogP contribution in [0.2, 0.25) is 0 Å². The molecular weight excluding hydrogens is 374 g/mol. The maximum absolute atomic E-state index is 12.3. The van der Waals surface area contributed by atoms with Crippen molar-refractivity contribution in [3.63, 3.8) is 0 Å². The van der Waals surface area contributed by atoms with Gasteiger partial charge in [0.1, 0.15) is 18.0 Å². The van der Waals surface area contributed by atoms with Crippen LogP contribution in [-0.4, -0.2) is 46.6 Å². The molecule has 1 fully saturated rings. The van der Waals surface area contributed by atoms with E-state index in [0.29, 0.717) is 28.5 Å². The summed E-state index contributed by atoms with van der Waals surface area (Å²) >= 11 is 0. The Labute approximate surface area is 168 Å². The zero-order valence-electron chi connectivity index (χ0n) is 16.0. The van der Waals surface area contributed by atoms with Gasteiger partial charge < -0.3 is 10.1 Å². The molecule has 0 saturated carbocycles. The minimum atomic E-state index is -0.979. The maximum atomic E-state index is 12.3. The van der Waals surface area contributed by atoms with Gasteiger partial charge in [0, 0.05) is 12.2 Å². The van der Waals surface area contributed by atoms with E-state index in [1.807, 2.05) is 37.3 Å². The summed E-state index contributed by atoms with van der Waals surface area (Å²) in [6.45, 7) is 1.56. The highest BCUT2D eigenvalue weighted by molar-refractivity contribution is 6.45. The molecule has 5 amide bonds. The molecule has 29 heavy (non-hydrogen) atoms. The van der Waals surface area contributed by atoms with Gasteiger partial charge in [0.15, 0.2) is 0 Å². The Kier molecular flexibility index (Phi) is 6.23. The van der Waals surface area contributed by atoms with Crippen LogP contribution in [0.1, 0.15) is 19.8 Å². The molecule has 0 unspecified atom stereocenters. The van der Waals surface area contributed by atoms with E-state index < -0.39 is 30.3 Å². The molecule has 8 nitrogen and oxygen atoms in total. The van der Waals surface area contributed by atoms with Gasteiger partial charge in [-0.1, -0.05) is 31.5 Å². The van der Waals surface area contributed by atoms with E-state index in [2.05, 4.69) is 5.32 Å². The molecule has 150 valence electrons. The number of nitrogens with one attached hydrogen (secondary N) is 1. The number of unbranched alkanes of at least 4 members (excludes halogenated alkanes) is 1. The van der Waals surface area contributed by atoms with Gasteiger partial charge in [-0.05, 0) is 42.8 Å². The standard InChI is InChI=1S/C21H21N3O5/c1-2-3-13-23-19(26)20(27)24(21(23)28)14-18(25)22-15-9-11-17(12-10-15)29-16-7-5-4-6-8-16/h4-12H,2-3,13-14H2,1H3,(H,22,25). The second-order valence-corrected chi connectivity index (χ2v) is 6.47. The molecule has 0 atom stereocenters. The lowest BCUT2D eigenvalue weighted by Crippen LogP contribution is -2.39. The number of hydrogen-bond acceptors (Lipinski definition) is 5. The van der Waals surface area contributed by atoms with Crippen LogP contribution < -0.4 is 10.1 Å². The molecule has 1 saturated heterocycles. The molecule has 1 heterocycles. The summed E-state index contributed by atoms with van der Waals surface area (Å²) in [6, 6.07) is 15.2. The largest absolute Gasteiger partial charge is 0.457 e. The van der Waals surface area contributed by atoms with Crippen molar-refractivity contribution in [2.24, 2.45) is 0 Å². The summed E-state index contributed by atoms with van der Waals surface area (Å²) in [5.41, 5.74) is 0.476. The highest BCUT2D eigenvalue weighted by Gasteiger charge is 2.44. The number of benzene rings is 2. The van der Waals surface area contributed by atoms with Crippen molar-refractivity contribution in [2.75, 3.05) is 18.4 Å². The SMILES string of the molecule is CCCCN1C(=O)C(=O)N(CC(=O)Nc2ccc(Oc3ccccc3)cc2)C1=O. The minimum Gasteiger partial charge on any atom is -0.457 e. The van der Waals surface area contributed by atoms with Crippen molar-refractivity contribution in [3.05, 3.63) is 54.6 Å². The summed E-state index contributed by atoms with van der Waals surface area (Å²) < 4.78 is 5.68. The van der Waals surface area contributed by atoms with Gasteiger partial charge in [0.05, 0.1) is 0 Å². The molecule has 2 aromatic rings. The number of ether oxygens (including phenoxy) is 1. The fourth-order valence-electron chi connectivity index (χ4n) is 2.78. The first-order valence-corrected chi connectivity index (χ1v) is 9.29. The average Bonchev–Trinajstić information content (AvgIpc) is 2.92. The molecule has 0 bridgehead atoms. The lowest BCUT2D eigenvalue weighted by Gasteiger charge is -2.15. The van der Waals surface area contributed by atoms with Gasteiger partial charge in [0.2, 0.25) is 5.91 Å². The Bertz CT molecular complexity index is 912. The van der Waals surface area contributed by atoms with Gasteiger partial charge in [-0.2, -0.15) is 0 Å². The summed E-state index contributed by atoms with van der Waals surface area (Å²) in [7, 11) is 0. The number of imide groups is 2. The molecule has 0 aliphatic carbocycles. The van der Waals surface area contributed by atoms with Gasteiger partial charge in [0.25, 0.3) is 0 Å². The van der Waals surface area contributed by atoms with E-state index in [1.54, 1.807) is 24.3 Å². The Morgan fingerprint density at radius 1 is 0.897 bits per heavy atom. The Morgan fingerprint density at radius 2 is 1.52 bits per heavy atom. The molecular formula is C21H21N3O5. The van der Waals surface area contributed by atoms with Crippen molar-refractivity contribution < 1.29 is 23.9 Å². The number of rotatable bonds is 8. The zero-order valence-corrected chi connectivity index (χ0v) is 16.0. The van der Waals surface area contributed by atoms with Crippen molar-refractivity contribution in [1.82, 2.24) is 9.80 Å². The van der Waals surface area contributed by atoms with Gasteiger partial charge in [-0.15, -0.1) is 0 Å². The number of carbonyl (C=O) groups excluding carboxylic acids is 4. The molecule has 8 heteroatoms. The van der Waals surface area contributed by atoms with Crippen molar-refractivity contribution in [3.8, 4) is 11.5 Å². The third kappa shape index (κ3) is 4.78. The zero-order chi connectivity index (χ0) is 20.8. The second-order valence-electron chi connectivity index (χ2n) is 6.47. The number of carbonyl (C=O) groups is 4. The van der Waals surface area contributed by atoms with E-state index in [9.17, 15) is 19.2 Å². The second kappa shape index (κ2) is 9.01. The van der Waals surface area contributed by atoms with Gasteiger partial charge >= 0.3 is 17.8 Å². The topological polar surface area (TPSA) is 96.0 Å². The van der Waals surface area contributed by atoms with Crippen LogP contribution in [0.25, 0.3) is 0 Å². The molecule has 0 radical (unpaired) electrons. The van der Waals surface area contributed by atoms with Gasteiger partial charge in [-0.3, -0.25) is 19.3 Å². The number of anilines is 1. The first-order chi connectivity index (χ1) is 14.0. The number of para-hydroxylation sites is 1. The highest BCUT2D eigenvalue weighted by atomic mass is 16.5. The third-order valence-corrected chi connectivity index (χ3v) is 4.29. The van der Waals surface area contributed by atoms with Crippen molar-refractivity contribution >= 4 is 29.4 Å². The smallest absolute Gasteiger partial charge is 0.334 e. The molecule has 0 spiro atoms. The summed E-state index contributed by atoms with van der Waals surface area (Å²) in [4.78, 5) is 50.0. The fourth-order valence-corrected chi connectivity index (χ4v) is 2.78. The predicted octanol–water partition coefficient (Wildman–Crippen LogP) is 3.01. The summed E-state index contributed by atoms with van der Waals surface area (Å²) in [6.07, 6.45) is 1.37. The first-order valence-electron chi connectivity index (χ1n) is 9.29. The monoisotopic (exact) mass is 395 g/mol. The number of nitrogens with zero attached hydrogens (tertiary/aromatic N) is 2. The van der Waals surface area contributed by atoms with Gasteiger partial charge in [-0.25, -0.2) is 9.69 Å². The van der Waals surface area contributed by atoms with Crippen molar-refractivity contribution in [1.29, 1.82) is 0 Å². The Balaban J connectivity index is 1.57. The number of amides is 5. The lowest BCUT2D eigenvalue weighted by molar-refractivity contribution is -0.143. The molecule has 3 rings (SSSR count). The van der Waals surface area contributed by atoms with E-state index in [-0.39, 0.29) is 6.54 Å². The molecule has 0 aromatic heterocycles. The molecule has 1 aliphatic rings. The Hall–Kier alpha value is -3.68. The van der Waals surface area contributed by atoms with E-state index in [4.69, 9.17) is 4.74 Å². The lowest BCUT2D eigenvalue weighted by atomic mass is 10.3. The third-order valence-electron chi connectivity index (χ3n) is 4.29. The van der Waals surface area contributed by atoms with Crippen LogP contribution >= 0.6 is 0 Å². The van der Waals surface area contributed by atoms with Crippen molar-refractivity contribution in [2.45, 2.75) is 19.8 Å². The number of urea groups is 1. The molecule has 1 N–H and O–H groups in total. The quantitative estimate of drug-likeness (QED) is 0.548. The average molecular weight is 395 g/mol. The van der Waals surface area contributed by atoms with Crippen LogP contribution in [-0.2, 0) is 14.4 Å². The Morgan fingerprint density at radius 3 is 2.17 bits per heavy atom.